The first-order valence-electron chi connectivity index (χ1n) is 10.0. The van der Waals surface area contributed by atoms with Crippen LogP contribution in [-0.4, -0.2) is 40.5 Å². The maximum atomic E-state index is 13.5. The van der Waals surface area contributed by atoms with E-state index in [1.165, 1.54) is 6.42 Å². The highest BCUT2D eigenvalue weighted by atomic mass is 16.5. The standard InChI is InChI=1S/C23H26N4O2/c1-15-10-11-19-21(26-17-8-6-9-18(13-17)29-3)20(14-24-22(19)25-15)23(28)27-12-5-4-7-16(27)2/h6,8-11,13-14,16H,4-5,7,12H2,1-3H3,(H,24,25,26). The van der Waals surface area contributed by atoms with Crippen molar-refractivity contribution in [3.8, 4) is 5.75 Å². The molecule has 0 radical (unpaired) electrons. The van der Waals surface area contributed by atoms with Gasteiger partial charge in [-0.05, 0) is 57.4 Å². The predicted molar refractivity (Wildman–Crippen MR) is 115 cm³/mol. The molecule has 0 saturated carbocycles. The number of ether oxygens (including phenoxy) is 1. The number of fused-ring (bicyclic) bond motifs is 1. The Bertz CT molecular complexity index is 1050. The number of nitrogens with zero attached hydrogens (tertiary/aromatic N) is 3. The van der Waals surface area contributed by atoms with Crippen molar-refractivity contribution >= 4 is 28.3 Å². The average molecular weight is 390 g/mol. The molecule has 6 heteroatoms. The van der Waals surface area contributed by atoms with Crippen molar-refractivity contribution in [2.45, 2.75) is 39.2 Å². The zero-order chi connectivity index (χ0) is 20.4. The number of hydrogen-bond donors (Lipinski definition) is 1. The van der Waals surface area contributed by atoms with Crippen LogP contribution < -0.4 is 10.1 Å². The molecule has 2 aromatic heterocycles. The first-order chi connectivity index (χ1) is 14.1. The number of benzene rings is 1. The minimum atomic E-state index is 0.0116. The molecule has 3 heterocycles. The number of rotatable bonds is 4. The summed E-state index contributed by atoms with van der Waals surface area (Å²) < 4.78 is 5.34. The van der Waals surface area contributed by atoms with Crippen LogP contribution in [0, 0.1) is 6.92 Å². The van der Waals surface area contributed by atoms with Gasteiger partial charge in [0, 0.05) is 41.6 Å². The van der Waals surface area contributed by atoms with E-state index in [4.69, 9.17) is 4.74 Å². The van der Waals surface area contributed by atoms with E-state index in [9.17, 15) is 4.79 Å². The summed E-state index contributed by atoms with van der Waals surface area (Å²) in [6.45, 7) is 4.83. The molecule has 0 aliphatic carbocycles. The predicted octanol–water partition coefficient (Wildman–Crippen LogP) is 4.71. The van der Waals surface area contributed by atoms with E-state index < -0.39 is 0 Å². The molecule has 1 aromatic carbocycles. The lowest BCUT2D eigenvalue weighted by atomic mass is 10.0. The molecule has 0 bridgehead atoms. The van der Waals surface area contributed by atoms with E-state index in [1.807, 2.05) is 48.2 Å². The second-order valence-corrected chi connectivity index (χ2v) is 7.57. The Morgan fingerprint density at radius 2 is 2.10 bits per heavy atom. The number of anilines is 2. The van der Waals surface area contributed by atoms with Gasteiger partial charge >= 0.3 is 0 Å². The lowest BCUT2D eigenvalue weighted by molar-refractivity contribution is 0.0636. The fourth-order valence-corrected chi connectivity index (χ4v) is 3.87. The molecule has 1 amide bonds. The number of amides is 1. The summed E-state index contributed by atoms with van der Waals surface area (Å²) in [5.41, 5.74) is 3.66. The zero-order valence-corrected chi connectivity index (χ0v) is 17.1. The molecule has 0 spiro atoms. The summed E-state index contributed by atoms with van der Waals surface area (Å²) in [6.07, 6.45) is 4.89. The molecule has 150 valence electrons. The third kappa shape index (κ3) is 3.88. The Balaban J connectivity index is 1.81. The van der Waals surface area contributed by atoms with Crippen LogP contribution in [0.15, 0.2) is 42.6 Å². The number of methoxy groups -OCH3 is 1. The second-order valence-electron chi connectivity index (χ2n) is 7.57. The van der Waals surface area contributed by atoms with Gasteiger partial charge in [-0.25, -0.2) is 9.97 Å². The van der Waals surface area contributed by atoms with Gasteiger partial charge in [-0.2, -0.15) is 0 Å². The number of piperidine rings is 1. The Kier molecular flexibility index (Phi) is 5.34. The number of aromatic nitrogens is 2. The highest BCUT2D eigenvalue weighted by Gasteiger charge is 2.27. The minimum Gasteiger partial charge on any atom is -0.497 e. The van der Waals surface area contributed by atoms with Crippen molar-refractivity contribution in [3.63, 3.8) is 0 Å². The number of likely N-dealkylation sites (tertiary alicyclic amines) is 1. The summed E-state index contributed by atoms with van der Waals surface area (Å²) in [7, 11) is 1.64. The van der Waals surface area contributed by atoms with E-state index in [2.05, 4.69) is 22.2 Å². The molecule has 1 N–H and O–H groups in total. The highest BCUT2D eigenvalue weighted by Crippen LogP contribution is 2.32. The number of carbonyl (C=O) groups is 1. The third-order valence-electron chi connectivity index (χ3n) is 5.50. The Morgan fingerprint density at radius 3 is 2.90 bits per heavy atom. The fourth-order valence-electron chi connectivity index (χ4n) is 3.87. The van der Waals surface area contributed by atoms with E-state index in [-0.39, 0.29) is 11.9 Å². The Labute approximate surface area is 170 Å². The van der Waals surface area contributed by atoms with Gasteiger partial charge in [0.15, 0.2) is 5.65 Å². The van der Waals surface area contributed by atoms with E-state index in [0.717, 1.165) is 47.6 Å². The normalized spacial score (nSPS) is 16.7. The smallest absolute Gasteiger partial charge is 0.257 e. The van der Waals surface area contributed by atoms with Crippen molar-refractivity contribution < 1.29 is 9.53 Å². The largest absolute Gasteiger partial charge is 0.497 e. The van der Waals surface area contributed by atoms with Gasteiger partial charge in [0.05, 0.1) is 18.4 Å². The van der Waals surface area contributed by atoms with Crippen LogP contribution in [-0.2, 0) is 0 Å². The number of pyridine rings is 2. The molecule has 29 heavy (non-hydrogen) atoms. The molecule has 1 saturated heterocycles. The zero-order valence-electron chi connectivity index (χ0n) is 17.1. The third-order valence-corrected chi connectivity index (χ3v) is 5.50. The molecular weight excluding hydrogens is 364 g/mol. The van der Waals surface area contributed by atoms with Crippen LogP contribution in [0.25, 0.3) is 11.0 Å². The SMILES string of the molecule is COc1cccc(Nc2c(C(=O)N3CCCCC3C)cnc3nc(C)ccc23)c1. The summed E-state index contributed by atoms with van der Waals surface area (Å²) in [6, 6.07) is 11.8. The monoisotopic (exact) mass is 390 g/mol. The Hall–Kier alpha value is -3.15. The first-order valence-corrected chi connectivity index (χ1v) is 10.0. The van der Waals surface area contributed by atoms with Gasteiger partial charge < -0.3 is 15.0 Å². The molecule has 1 unspecified atom stereocenters. The molecule has 3 aromatic rings. The van der Waals surface area contributed by atoms with E-state index >= 15 is 0 Å². The van der Waals surface area contributed by atoms with Crippen molar-refractivity contribution in [2.75, 3.05) is 19.0 Å². The van der Waals surface area contributed by atoms with Crippen molar-refractivity contribution in [1.29, 1.82) is 0 Å². The number of nitrogens with one attached hydrogen (secondary N) is 1. The molecule has 4 rings (SSSR count). The van der Waals surface area contributed by atoms with Crippen molar-refractivity contribution in [1.82, 2.24) is 14.9 Å². The van der Waals surface area contributed by atoms with Gasteiger partial charge in [0.1, 0.15) is 5.75 Å². The summed E-state index contributed by atoms with van der Waals surface area (Å²) in [5.74, 6) is 0.762. The van der Waals surface area contributed by atoms with Crippen molar-refractivity contribution in [2.24, 2.45) is 0 Å². The molecule has 1 atom stereocenters. The fraction of sp³-hybridized carbons (Fsp3) is 0.348. The molecule has 6 nitrogen and oxygen atoms in total. The number of carbonyl (C=O) groups excluding carboxylic acids is 1. The molecule has 1 aliphatic heterocycles. The van der Waals surface area contributed by atoms with E-state index in [0.29, 0.717) is 11.2 Å². The quantitative estimate of drug-likeness (QED) is 0.699. The summed E-state index contributed by atoms with van der Waals surface area (Å²) in [5, 5.41) is 4.26. The van der Waals surface area contributed by atoms with Gasteiger partial charge in [0.25, 0.3) is 5.91 Å². The van der Waals surface area contributed by atoms with Crippen LogP contribution in [0.4, 0.5) is 11.4 Å². The molecular formula is C23H26N4O2. The number of aryl methyl sites for hydroxylation is 1. The summed E-state index contributed by atoms with van der Waals surface area (Å²) in [4.78, 5) is 24.5. The first kappa shape index (κ1) is 19.2. The number of hydrogen-bond acceptors (Lipinski definition) is 5. The van der Waals surface area contributed by atoms with Crippen LogP contribution in [0.2, 0.25) is 0 Å². The minimum absolute atomic E-state index is 0.0116. The second kappa shape index (κ2) is 8.07. The topological polar surface area (TPSA) is 67.3 Å². The van der Waals surface area contributed by atoms with Crippen LogP contribution >= 0.6 is 0 Å². The molecule has 1 aliphatic rings. The van der Waals surface area contributed by atoms with Gasteiger partial charge in [0.2, 0.25) is 0 Å². The van der Waals surface area contributed by atoms with Gasteiger partial charge in [-0.3, -0.25) is 4.79 Å². The average Bonchev–Trinajstić information content (AvgIpc) is 2.74. The maximum Gasteiger partial charge on any atom is 0.257 e. The van der Waals surface area contributed by atoms with Gasteiger partial charge in [-0.1, -0.05) is 6.07 Å². The summed E-state index contributed by atoms with van der Waals surface area (Å²) >= 11 is 0. The highest BCUT2D eigenvalue weighted by molar-refractivity contribution is 6.07. The van der Waals surface area contributed by atoms with E-state index in [1.54, 1.807) is 13.3 Å². The van der Waals surface area contributed by atoms with Crippen molar-refractivity contribution in [3.05, 3.63) is 53.9 Å². The van der Waals surface area contributed by atoms with Gasteiger partial charge in [-0.15, -0.1) is 0 Å². The van der Waals surface area contributed by atoms with Crippen LogP contribution in [0.5, 0.6) is 5.75 Å². The lowest BCUT2D eigenvalue weighted by Crippen LogP contribution is -2.42. The Morgan fingerprint density at radius 1 is 1.24 bits per heavy atom. The van der Waals surface area contributed by atoms with Crippen LogP contribution in [0.3, 0.4) is 0 Å². The lowest BCUT2D eigenvalue weighted by Gasteiger charge is -2.34. The maximum absolute atomic E-state index is 13.5. The molecule has 1 fully saturated rings. The van der Waals surface area contributed by atoms with Crippen LogP contribution in [0.1, 0.15) is 42.2 Å².